The van der Waals surface area contributed by atoms with Crippen LogP contribution in [0.15, 0.2) is 36.4 Å². The summed E-state index contributed by atoms with van der Waals surface area (Å²) in [5.74, 6) is -2.87. The Kier molecular flexibility index (Phi) is 7.38. The molecule has 34 heavy (non-hydrogen) atoms. The van der Waals surface area contributed by atoms with Crippen molar-refractivity contribution in [2.45, 2.75) is 46.1 Å². The van der Waals surface area contributed by atoms with Crippen LogP contribution in [-0.4, -0.2) is 24.6 Å². The monoisotopic (exact) mass is 480 g/mol. The van der Waals surface area contributed by atoms with Crippen molar-refractivity contribution in [3.63, 3.8) is 0 Å². The summed E-state index contributed by atoms with van der Waals surface area (Å²) in [4.78, 5) is 24.7. The molecule has 0 bridgehead atoms. The highest BCUT2D eigenvalue weighted by Crippen LogP contribution is 2.45. The molecule has 4 amide bonds. The number of carbonyl (C=O) groups is 2. The molecular formula is C24H28F4N4O2. The molecule has 0 aromatic heterocycles. The van der Waals surface area contributed by atoms with Crippen molar-refractivity contribution in [2.24, 2.45) is 10.8 Å². The first-order valence-electron chi connectivity index (χ1n) is 10.9. The molecule has 1 fully saturated rings. The summed E-state index contributed by atoms with van der Waals surface area (Å²) < 4.78 is 54.3. The van der Waals surface area contributed by atoms with Gasteiger partial charge in [-0.05, 0) is 54.4 Å². The summed E-state index contributed by atoms with van der Waals surface area (Å²) in [5.41, 5.74) is -1.16. The number of hydrogen-bond acceptors (Lipinski definition) is 2. The average molecular weight is 481 g/mol. The van der Waals surface area contributed by atoms with Crippen molar-refractivity contribution < 1.29 is 27.2 Å². The van der Waals surface area contributed by atoms with E-state index in [-0.39, 0.29) is 29.4 Å². The van der Waals surface area contributed by atoms with E-state index in [1.54, 1.807) is 0 Å². The molecule has 0 radical (unpaired) electrons. The van der Waals surface area contributed by atoms with E-state index in [9.17, 15) is 27.2 Å². The molecule has 0 spiro atoms. The molecule has 1 saturated carbocycles. The molecule has 1 aliphatic rings. The number of carbonyl (C=O) groups excluding carboxylic acids is 2. The predicted molar refractivity (Wildman–Crippen MR) is 121 cm³/mol. The van der Waals surface area contributed by atoms with Crippen molar-refractivity contribution in [3.05, 3.63) is 59.7 Å². The van der Waals surface area contributed by atoms with E-state index in [1.807, 2.05) is 20.8 Å². The zero-order chi connectivity index (χ0) is 25.1. The Hall–Kier alpha value is -3.30. The highest BCUT2D eigenvalue weighted by Gasteiger charge is 2.42. The highest BCUT2D eigenvalue weighted by atomic mass is 19.1. The lowest BCUT2D eigenvalue weighted by Gasteiger charge is -2.46. The van der Waals surface area contributed by atoms with E-state index in [2.05, 4.69) is 21.3 Å². The Balaban J connectivity index is 1.60. The minimum Gasteiger partial charge on any atom is -0.337 e. The molecule has 6 nitrogen and oxygen atoms in total. The molecule has 184 valence electrons. The van der Waals surface area contributed by atoms with Crippen LogP contribution >= 0.6 is 0 Å². The Bertz CT molecular complexity index is 1080. The fourth-order valence-electron chi connectivity index (χ4n) is 4.86. The lowest BCUT2D eigenvalue weighted by molar-refractivity contribution is 0.0761. The normalized spacial score (nSPS) is 21.4. The number of rotatable bonds is 5. The molecule has 0 unspecified atom stereocenters. The third-order valence-corrected chi connectivity index (χ3v) is 5.81. The van der Waals surface area contributed by atoms with Crippen LogP contribution in [0.1, 0.15) is 40.0 Å². The van der Waals surface area contributed by atoms with Gasteiger partial charge in [0, 0.05) is 24.7 Å². The molecule has 2 aromatic rings. The number of nitrogens with one attached hydrogen (secondary N) is 4. The van der Waals surface area contributed by atoms with Gasteiger partial charge >= 0.3 is 12.1 Å². The number of anilines is 2. The predicted octanol–water partition coefficient (Wildman–Crippen LogP) is 5.77. The van der Waals surface area contributed by atoms with Gasteiger partial charge in [-0.25, -0.2) is 27.2 Å². The standard InChI is InChI=1S/C24H28F4N4O2/c1-23(2)10-16(30-22(34)32-20-9-15(26)5-7-18(20)28)11-24(3,12-23)13-29-21(33)31-19-8-14(25)4-6-17(19)27/h4-9,16H,10-13H2,1-3H3,(H2,29,31,33)(H2,30,32,34)/t16-,24+/m0/s1. The van der Waals surface area contributed by atoms with Crippen molar-refractivity contribution >= 4 is 23.4 Å². The quantitative estimate of drug-likeness (QED) is 0.410. The number of urea groups is 2. The molecule has 1 aliphatic carbocycles. The first-order chi connectivity index (χ1) is 15.8. The van der Waals surface area contributed by atoms with Crippen LogP contribution in [0.4, 0.5) is 38.5 Å². The minimum absolute atomic E-state index is 0.193. The SMILES string of the molecule is CC1(C)C[C@H](NC(=O)Nc2cc(F)ccc2F)C[C@@](C)(CNC(=O)Nc2cc(F)ccc2F)C1. The van der Waals surface area contributed by atoms with Gasteiger partial charge < -0.3 is 21.3 Å². The maximum absolute atomic E-state index is 13.8. The van der Waals surface area contributed by atoms with Crippen molar-refractivity contribution in [3.8, 4) is 0 Å². The summed E-state index contributed by atoms with van der Waals surface area (Å²) in [6.07, 6.45) is 1.87. The molecule has 0 heterocycles. The largest absolute Gasteiger partial charge is 0.337 e. The Morgan fingerprint density at radius 2 is 1.38 bits per heavy atom. The summed E-state index contributed by atoms with van der Waals surface area (Å²) >= 11 is 0. The second kappa shape index (κ2) is 9.90. The van der Waals surface area contributed by atoms with Crippen LogP contribution < -0.4 is 21.3 Å². The summed E-state index contributed by atoms with van der Waals surface area (Å²) in [7, 11) is 0. The number of amides is 4. The third-order valence-electron chi connectivity index (χ3n) is 5.81. The highest BCUT2D eigenvalue weighted by molar-refractivity contribution is 5.90. The molecule has 10 heteroatoms. The van der Waals surface area contributed by atoms with Crippen LogP contribution in [-0.2, 0) is 0 Å². The van der Waals surface area contributed by atoms with Gasteiger partial charge in [0.1, 0.15) is 23.3 Å². The maximum atomic E-state index is 13.8. The van der Waals surface area contributed by atoms with Gasteiger partial charge in [-0.2, -0.15) is 0 Å². The zero-order valence-electron chi connectivity index (χ0n) is 19.2. The maximum Gasteiger partial charge on any atom is 0.319 e. The van der Waals surface area contributed by atoms with E-state index in [1.165, 1.54) is 0 Å². The number of halogens is 4. The van der Waals surface area contributed by atoms with Crippen LogP contribution in [0.25, 0.3) is 0 Å². The number of benzene rings is 2. The second-order valence-electron chi connectivity index (χ2n) is 9.91. The lowest BCUT2D eigenvalue weighted by atomic mass is 9.62. The third kappa shape index (κ3) is 6.85. The smallest absolute Gasteiger partial charge is 0.319 e. The fraction of sp³-hybridized carbons (Fsp3) is 0.417. The van der Waals surface area contributed by atoms with E-state index >= 15 is 0 Å². The molecular weight excluding hydrogens is 452 g/mol. The Morgan fingerprint density at radius 1 is 0.853 bits per heavy atom. The first kappa shape index (κ1) is 25.3. The zero-order valence-corrected chi connectivity index (χ0v) is 19.2. The fourth-order valence-corrected chi connectivity index (χ4v) is 4.86. The minimum atomic E-state index is -0.758. The van der Waals surface area contributed by atoms with Gasteiger partial charge in [0.25, 0.3) is 0 Å². The molecule has 3 rings (SSSR count). The van der Waals surface area contributed by atoms with Gasteiger partial charge in [0.2, 0.25) is 0 Å². The van der Waals surface area contributed by atoms with Crippen molar-refractivity contribution in [1.82, 2.24) is 10.6 Å². The summed E-state index contributed by atoms with van der Waals surface area (Å²) in [6.45, 7) is 6.24. The molecule has 0 saturated heterocycles. The van der Waals surface area contributed by atoms with Gasteiger partial charge in [-0.3, -0.25) is 0 Å². The molecule has 4 N–H and O–H groups in total. The van der Waals surface area contributed by atoms with E-state index < -0.39 is 40.7 Å². The lowest BCUT2D eigenvalue weighted by Crippen LogP contribution is -2.51. The van der Waals surface area contributed by atoms with Crippen molar-refractivity contribution in [2.75, 3.05) is 17.2 Å². The van der Waals surface area contributed by atoms with E-state index in [0.29, 0.717) is 12.8 Å². The topological polar surface area (TPSA) is 82.3 Å². The van der Waals surface area contributed by atoms with E-state index in [4.69, 9.17) is 0 Å². The second-order valence-corrected chi connectivity index (χ2v) is 9.91. The Labute approximate surface area is 195 Å². The Morgan fingerprint density at radius 3 is 1.94 bits per heavy atom. The van der Waals surface area contributed by atoms with Crippen LogP contribution in [0.3, 0.4) is 0 Å². The summed E-state index contributed by atoms with van der Waals surface area (Å²) in [6, 6.07) is 3.91. The van der Waals surface area contributed by atoms with E-state index in [0.717, 1.165) is 42.8 Å². The van der Waals surface area contributed by atoms with Gasteiger partial charge in [0.05, 0.1) is 11.4 Å². The van der Waals surface area contributed by atoms with Gasteiger partial charge in [-0.1, -0.05) is 20.8 Å². The number of hydrogen-bond donors (Lipinski definition) is 4. The molecule has 0 aliphatic heterocycles. The average Bonchev–Trinajstić information content (AvgIpc) is 2.70. The van der Waals surface area contributed by atoms with Crippen LogP contribution in [0, 0.1) is 34.1 Å². The first-order valence-corrected chi connectivity index (χ1v) is 10.9. The van der Waals surface area contributed by atoms with Gasteiger partial charge in [-0.15, -0.1) is 0 Å². The summed E-state index contributed by atoms with van der Waals surface area (Å²) in [5, 5.41) is 10.1. The van der Waals surface area contributed by atoms with Gasteiger partial charge in [0.15, 0.2) is 0 Å². The molecule has 2 aromatic carbocycles. The van der Waals surface area contributed by atoms with Crippen molar-refractivity contribution in [1.29, 1.82) is 0 Å². The van der Waals surface area contributed by atoms with Crippen LogP contribution in [0.2, 0.25) is 0 Å². The van der Waals surface area contributed by atoms with Crippen LogP contribution in [0.5, 0.6) is 0 Å². The molecule has 2 atom stereocenters.